The second-order valence-corrected chi connectivity index (χ2v) is 12.5. The third-order valence-corrected chi connectivity index (χ3v) is 8.13. The first-order chi connectivity index (χ1) is 22.7. The van der Waals surface area contributed by atoms with Gasteiger partial charge in [0.05, 0.1) is 6.04 Å². The SMILES string of the molecule is CN(C)C(=O)[C@H](CCCCN=C(N)N)CC(=O)[C@H](CCc1ccc(CCCCN=C(N)NC(O)c2nc(Cl)c(N)nc2N)cc1)N(C)C. The zero-order valence-corrected chi connectivity index (χ0v) is 29.3. The van der Waals surface area contributed by atoms with Crippen LogP contribution in [0.2, 0.25) is 5.15 Å². The number of ketones is 1. The Hall–Kier alpha value is -4.21. The van der Waals surface area contributed by atoms with Crippen molar-refractivity contribution in [3.05, 3.63) is 46.2 Å². The lowest BCUT2D eigenvalue weighted by molar-refractivity contribution is -0.137. The first kappa shape index (κ1) is 40.0. The first-order valence-corrected chi connectivity index (χ1v) is 16.4. The minimum Gasteiger partial charge on any atom is -0.382 e. The zero-order valence-electron chi connectivity index (χ0n) is 28.5. The molecule has 1 heterocycles. The number of likely N-dealkylation sites (N-methyl/N-ethyl adjacent to an activating group) is 1. The molecule has 0 aliphatic rings. The molecule has 16 heteroatoms. The third kappa shape index (κ3) is 13.9. The Morgan fingerprint density at radius 3 is 2.08 bits per heavy atom. The first-order valence-electron chi connectivity index (χ1n) is 16.1. The number of carbonyl (C=O) groups excluding carboxylic acids is 2. The van der Waals surface area contributed by atoms with Gasteiger partial charge in [0.2, 0.25) is 5.91 Å². The van der Waals surface area contributed by atoms with Crippen LogP contribution in [0.15, 0.2) is 34.3 Å². The Bertz CT molecular complexity index is 1380. The van der Waals surface area contributed by atoms with Crippen molar-refractivity contribution in [3.8, 4) is 0 Å². The average molecular weight is 689 g/mol. The van der Waals surface area contributed by atoms with E-state index in [-0.39, 0.29) is 64.5 Å². The van der Waals surface area contributed by atoms with Gasteiger partial charge in [0.15, 0.2) is 40.7 Å². The maximum Gasteiger partial charge on any atom is 0.225 e. The highest BCUT2D eigenvalue weighted by atomic mass is 35.5. The molecule has 0 aliphatic heterocycles. The van der Waals surface area contributed by atoms with Crippen molar-refractivity contribution >= 4 is 46.8 Å². The van der Waals surface area contributed by atoms with E-state index < -0.39 is 6.23 Å². The van der Waals surface area contributed by atoms with E-state index in [0.717, 1.165) is 44.1 Å². The number of aliphatic hydroxyl groups excluding tert-OH is 1. The molecule has 0 bridgehead atoms. The summed E-state index contributed by atoms with van der Waals surface area (Å²) in [6.45, 7) is 0.966. The number of nitrogens with one attached hydrogen (secondary N) is 1. The van der Waals surface area contributed by atoms with Crippen LogP contribution in [0.25, 0.3) is 0 Å². The van der Waals surface area contributed by atoms with Crippen molar-refractivity contribution in [1.82, 2.24) is 25.1 Å². The van der Waals surface area contributed by atoms with Crippen LogP contribution in [0.1, 0.15) is 68.0 Å². The largest absolute Gasteiger partial charge is 0.382 e. The molecule has 2 rings (SSSR count). The Morgan fingerprint density at radius 1 is 0.875 bits per heavy atom. The van der Waals surface area contributed by atoms with E-state index in [1.165, 1.54) is 5.56 Å². The highest BCUT2D eigenvalue weighted by Crippen LogP contribution is 2.22. The number of aliphatic imine (C=N–C) groups is 2. The molecule has 266 valence electrons. The van der Waals surface area contributed by atoms with Crippen molar-refractivity contribution in [2.45, 2.75) is 70.1 Å². The minimum absolute atomic E-state index is 0.00763. The molecule has 0 saturated carbocycles. The van der Waals surface area contributed by atoms with Crippen LogP contribution in [-0.2, 0) is 22.4 Å². The number of benzene rings is 1. The molecule has 0 aliphatic carbocycles. The van der Waals surface area contributed by atoms with Crippen molar-refractivity contribution in [3.63, 3.8) is 0 Å². The number of guanidine groups is 2. The summed E-state index contributed by atoms with van der Waals surface area (Å²) in [7, 11) is 7.24. The summed E-state index contributed by atoms with van der Waals surface area (Å²) in [6, 6.07) is 8.12. The summed E-state index contributed by atoms with van der Waals surface area (Å²) < 4.78 is 0. The average Bonchev–Trinajstić information content (AvgIpc) is 3.01. The maximum absolute atomic E-state index is 13.4. The summed E-state index contributed by atoms with van der Waals surface area (Å²) in [5.74, 6) is -0.344. The normalized spacial score (nSPS) is 13.5. The number of nitrogens with two attached hydrogens (primary N) is 5. The summed E-state index contributed by atoms with van der Waals surface area (Å²) in [6.07, 6.45) is 4.92. The molecule has 2 aromatic rings. The zero-order chi connectivity index (χ0) is 35.8. The highest BCUT2D eigenvalue weighted by molar-refractivity contribution is 6.31. The van der Waals surface area contributed by atoms with E-state index in [4.69, 9.17) is 40.3 Å². The molecule has 15 nitrogen and oxygen atoms in total. The number of halogens is 1. The molecule has 1 aromatic heterocycles. The summed E-state index contributed by atoms with van der Waals surface area (Å²) in [5, 5.41) is 12.9. The van der Waals surface area contributed by atoms with Gasteiger partial charge in [-0.15, -0.1) is 0 Å². The van der Waals surface area contributed by atoms with Crippen molar-refractivity contribution in [1.29, 1.82) is 0 Å². The molecular weight excluding hydrogens is 636 g/mol. The minimum atomic E-state index is -1.34. The van der Waals surface area contributed by atoms with Gasteiger partial charge in [0.1, 0.15) is 5.69 Å². The molecular formula is C32H53ClN12O3. The van der Waals surface area contributed by atoms with Crippen LogP contribution in [-0.4, -0.2) is 95.8 Å². The van der Waals surface area contributed by atoms with Crippen LogP contribution >= 0.6 is 11.6 Å². The molecule has 0 spiro atoms. The molecule has 0 fully saturated rings. The second kappa shape index (κ2) is 20.2. The number of nitrogen functional groups attached to an aromatic ring is 2. The van der Waals surface area contributed by atoms with Crippen LogP contribution in [0.4, 0.5) is 11.6 Å². The number of hydrogen-bond donors (Lipinski definition) is 7. The number of carbonyl (C=O) groups is 2. The topological polar surface area (TPSA) is 253 Å². The number of aromatic nitrogens is 2. The number of rotatable bonds is 20. The predicted octanol–water partition coefficient (Wildman–Crippen LogP) is 1.18. The Labute approximate surface area is 288 Å². The molecule has 1 unspecified atom stereocenters. The van der Waals surface area contributed by atoms with Gasteiger partial charge >= 0.3 is 0 Å². The highest BCUT2D eigenvalue weighted by Gasteiger charge is 2.28. The molecule has 48 heavy (non-hydrogen) atoms. The number of unbranched alkanes of at least 4 members (excludes halogenated alkanes) is 2. The van der Waals surface area contributed by atoms with E-state index in [2.05, 4.69) is 49.5 Å². The van der Waals surface area contributed by atoms with Gasteiger partial charge in [0, 0.05) is 39.5 Å². The van der Waals surface area contributed by atoms with Crippen LogP contribution in [0, 0.1) is 5.92 Å². The lowest BCUT2D eigenvalue weighted by atomic mass is 9.90. The van der Waals surface area contributed by atoms with Gasteiger partial charge in [-0.25, -0.2) is 9.97 Å². The predicted molar refractivity (Wildman–Crippen MR) is 192 cm³/mol. The van der Waals surface area contributed by atoms with E-state index in [1.54, 1.807) is 19.0 Å². The molecule has 1 aromatic carbocycles. The summed E-state index contributed by atoms with van der Waals surface area (Å²) in [5.41, 5.74) is 30.3. The molecule has 0 saturated heterocycles. The van der Waals surface area contributed by atoms with Crippen LogP contribution in [0.5, 0.6) is 0 Å². The maximum atomic E-state index is 13.4. The van der Waals surface area contributed by atoms with Gasteiger partial charge in [0.25, 0.3) is 0 Å². The van der Waals surface area contributed by atoms with E-state index >= 15 is 0 Å². The number of anilines is 2. The number of Topliss-reactive ketones (excluding diaryl/α,β-unsaturated/α-hetero) is 1. The number of aryl methyl sites for hydroxylation is 2. The monoisotopic (exact) mass is 688 g/mol. The number of aliphatic hydroxyl groups is 1. The molecule has 0 radical (unpaired) electrons. The standard InChI is InChI=1S/C32H53ClN12O3/c1-44(2)23(24(46)19-22(30(48)45(3)4)10-6-8-17-39-31(36)37)16-15-21-13-11-20(12-14-21)9-5-7-18-40-32(38)43-29(47)25-27(34)42-28(35)26(33)41-25/h11-14,22-23,29,47H,5-10,15-19H2,1-4H3,(H4,34,35,42)(H4,36,37,39)(H3,38,40,43)/t22-,23+,29?/m1/s1. The van der Waals surface area contributed by atoms with Gasteiger partial charge in [-0.2, -0.15) is 0 Å². The lowest BCUT2D eigenvalue weighted by Crippen LogP contribution is -2.39. The quantitative estimate of drug-likeness (QED) is 0.0448. The van der Waals surface area contributed by atoms with Crippen molar-refractivity contribution < 1.29 is 14.7 Å². The number of hydrogen-bond acceptors (Lipinski definition) is 10. The summed E-state index contributed by atoms with van der Waals surface area (Å²) in [4.78, 5) is 45.8. The summed E-state index contributed by atoms with van der Waals surface area (Å²) >= 11 is 5.87. The van der Waals surface area contributed by atoms with E-state index in [1.807, 2.05) is 19.0 Å². The molecule has 1 amide bonds. The Kier molecular flexibility index (Phi) is 16.8. The lowest BCUT2D eigenvalue weighted by Gasteiger charge is -2.26. The van der Waals surface area contributed by atoms with Gasteiger partial charge in [-0.1, -0.05) is 42.3 Å². The fourth-order valence-electron chi connectivity index (χ4n) is 5.20. The Balaban J connectivity index is 1.82. The van der Waals surface area contributed by atoms with Gasteiger partial charge in [-0.3, -0.25) is 24.5 Å². The second-order valence-electron chi connectivity index (χ2n) is 12.2. The van der Waals surface area contributed by atoms with Crippen molar-refractivity contribution in [2.24, 2.45) is 33.1 Å². The number of nitrogens with zero attached hydrogens (tertiary/aromatic N) is 6. The number of amides is 1. The Morgan fingerprint density at radius 2 is 1.48 bits per heavy atom. The van der Waals surface area contributed by atoms with Gasteiger partial charge < -0.3 is 44.0 Å². The van der Waals surface area contributed by atoms with Gasteiger partial charge in [-0.05, 0) is 70.2 Å². The van der Waals surface area contributed by atoms with E-state index in [9.17, 15) is 14.7 Å². The fourth-order valence-corrected chi connectivity index (χ4v) is 5.33. The molecule has 12 N–H and O–H groups in total. The fraction of sp³-hybridized carbons (Fsp3) is 0.562. The smallest absolute Gasteiger partial charge is 0.225 e. The van der Waals surface area contributed by atoms with Crippen LogP contribution in [0.3, 0.4) is 0 Å². The van der Waals surface area contributed by atoms with Crippen molar-refractivity contribution in [2.75, 3.05) is 52.7 Å². The van der Waals surface area contributed by atoms with E-state index in [0.29, 0.717) is 25.9 Å². The third-order valence-electron chi connectivity index (χ3n) is 7.85. The molecule has 3 atom stereocenters. The van der Waals surface area contributed by atoms with Crippen LogP contribution < -0.4 is 34.0 Å².